The summed E-state index contributed by atoms with van der Waals surface area (Å²) in [6.07, 6.45) is 3.52. The molecular formula is C19H25N3O3. The average Bonchev–Trinajstić information content (AvgIpc) is 3.00. The third-order valence-electron chi connectivity index (χ3n) is 4.73. The molecule has 1 atom stereocenters. The van der Waals surface area contributed by atoms with E-state index in [0.717, 1.165) is 22.7 Å². The monoisotopic (exact) mass is 343 g/mol. The number of benzene rings is 1. The van der Waals surface area contributed by atoms with Crippen molar-refractivity contribution >= 4 is 5.91 Å². The number of nitrogens with zero attached hydrogens (tertiary/aromatic N) is 3. The fourth-order valence-corrected chi connectivity index (χ4v) is 3.29. The highest BCUT2D eigenvalue weighted by Crippen LogP contribution is 2.23. The Morgan fingerprint density at radius 2 is 2.12 bits per heavy atom. The minimum Gasteiger partial charge on any atom is -0.494 e. The third-order valence-corrected chi connectivity index (χ3v) is 4.73. The quantitative estimate of drug-likeness (QED) is 0.867. The molecule has 0 aliphatic carbocycles. The summed E-state index contributed by atoms with van der Waals surface area (Å²) in [5.74, 6) is 0.904. The van der Waals surface area contributed by atoms with E-state index in [1.807, 2.05) is 42.8 Å². The molecule has 1 unspecified atom stereocenters. The molecule has 6 nitrogen and oxygen atoms in total. The minimum atomic E-state index is -0.171. The van der Waals surface area contributed by atoms with Crippen LogP contribution in [0, 0.1) is 0 Å². The number of ether oxygens (including phenoxy) is 1. The van der Waals surface area contributed by atoms with Gasteiger partial charge in [0.15, 0.2) is 0 Å². The van der Waals surface area contributed by atoms with Gasteiger partial charge in [-0.2, -0.15) is 0 Å². The lowest BCUT2D eigenvalue weighted by molar-refractivity contribution is -0.135. The SMILES string of the molecule is CCOc1ccc(CCC(=O)N2Cc3ncn(C)c3CC2CO)cc1. The van der Waals surface area contributed by atoms with E-state index in [2.05, 4.69) is 4.98 Å². The molecule has 2 aromatic rings. The minimum absolute atomic E-state index is 0.0284. The van der Waals surface area contributed by atoms with Crippen molar-refractivity contribution in [2.75, 3.05) is 13.2 Å². The Labute approximate surface area is 148 Å². The van der Waals surface area contributed by atoms with E-state index < -0.39 is 0 Å². The van der Waals surface area contributed by atoms with Crippen LogP contribution in [0.1, 0.15) is 30.3 Å². The smallest absolute Gasteiger partial charge is 0.223 e. The Hall–Kier alpha value is -2.34. The molecule has 0 saturated carbocycles. The molecule has 1 aliphatic heterocycles. The van der Waals surface area contributed by atoms with Gasteiger partial charge in [-0.1, -0.05) is 12.1 Å². The molecule has 2 heterocycles. The number of imidazole rings is 1. The number of amides is 1. The van der Waals surface area contributed by atoms with Gasteiger partial charge in [0.2, 0.25) is 5.91 Å². The molecule has 3 rings (SSSR count). The topological polar surface area (TPSA) is 67.6 Å². The lowest BCUT2D eigenvalue weighted by atomic mass is 10.0. The highest BCUT2D eigenvalue weighted by Gasteiger charge is 2.31. The second kappa shape index (κ2) is 7.70. The molecule has 1 amide bonds. The van der Waals surface area contributed by atoms with Crippen molar-refractivity contribution in [3.05, 3.63) is 47.5 Å². The summed E-state index contributed by atoms with van der Waals surface area (Å²) >= 11 is 0. The van der Waals surface area contributed by atoms with Crippen molar-refractivity contribution in [1.29, 1.82) is 0 Å². The number of aliphatic hydroxyl groups is 1. The molecule has 0 radical (unpaired) electrons. The molecule has 1 N–H and O–H groups in total. The van der Waals surface area contributed by atoms with Crippen molar-refractivity contribution in [2.45, 2.75) is 38.8 Å². The fourth-order valence-electron chi connectivity index (χ4n) is 3.29. The van der Waals surface area contributed by atoms with Crippen LogP contribution >= 0.6 is 0 Å². The lowest BCUT2D eigenvalue weighted by Crippen LogP contribution is -2.46. The molecule has 0 fully saturated rings. The van der Waals surface area contributed by atoms with Crippen LogP contribution in [0.5, 0.6) is 5.75 Å². The largest absolute Gasteiger partial charge is 0.494 e. The van der Waals surface area contributed by atoms with Crippen LogP contribution in [0.2, 0.25) is 0 Å². The molecule has 1 aromatic heterocycles. The molecule has 25 heavy (non-hydrogen) atoms. The first kappa shape index (κ1) is 17.5. The summed E-state index contributed by atoms with van der Waals surface area (Å²) in [6, 6.07) is 7.68. The summed E-state index contributed by atoms with van der Waals surface area (Å²) in [7, 11) is 1.95. The number of aryl methyl sites for hydroxylation is 2. The number of fused-ring (bicyclic) bond motifs is 1. The van der Waals surface area contributed by atoms with Crippen molar-refractivity contribution in [3.63, 3.8) is 0 Å². The highest BCUT2D eigenvalue weighted by atomic mass is 16.5. The maximum absolute atomic E-state index is 12.7. The van der Waals surface area contributed by atoms with Crippen LogP contribution < -0.4 is 4.74 Å². The van der Waals surface area contributed by atoms with E-state index in [1.165, 1.54) is 0 Å². The van der Waals surface area contributed by atoms with Gasteiger partial charge in [-0.25, -0.2) is 4.98 Å². The Balaban J connectivity index is 1.62. The highest BCUT2D eigenvalue weighted by molar-refractivity contribution is 5.77. The van der Waals surface area contributed by atoms with Crippen LogP contribution in [0.4, 0.5) is 0 Å². The normalized spacial score (nSPS) is 16.6. The van der Waals surface area contributed by atoms with Gasteiger partial charge in [-0.15, -0.1) is 0 Å². The van der Waals surface area contributed by atoms with Crippen LogP contribution in [-0.4, -0.2) is 44.7 Å². The molecule has 1 aromatic carbocycles. The molecule has 6 heteroatoms. The number of hydrogen-bond acceptors (Lipinski definition) is 4. The predicted molar refractivity (Wildman–Crippen MR) is 94.3 cm³/mol. The fraction of sp³-hybridized carbons (Fsp3) is 0.474. The van der Waals surface area contributed by atoms with Gasteiger partial charge >= 0.3 is 0 Å². The number of carbonyl (C=O) groups excluding carboxylic acids is 1. The summed E-state index contributed by atoms with van der Waals surface area (Å²) in [6.45, 7) is 3.05. The number of aromatic nitrogens is 2. The zero-order valence-electron chi connectivity index (χ0n) is 14.8. The predicted octanol–water partition coefficient (Wildman–Crippen LogP) is 1.70. The maximum atomic E-state index is 12.7. The van der Waals surface area contributed by atoms with E-state index in [1.54, 1.807) is 11.2 Å². The number of aliphatic hydroxyl groups excluding tert-OH is 1. The van der Waals surface area contributed by atoms with Gasteiger partial charge in [-0.3, -0.25) is 4.79 Å². The molecule has 0 spiro atoms. The Morgan fingerprint density at radius 1 is 1.36 bits per heavy atom. The van der Waals surface area contributed by atoms with Crippen LogP contribution in [0.15, 0.2) is 30.6 Å². The molecule has 134 valence electrons. The van der Waals surface area contributed by atoms with Crippen LogP contribution in [-0.2, 0) is 31.2 Å². The lowest BCUT2D eigenvalue weighted by Gasteiger charge is -2.34. The maximum Gasteiger partial charge on any atom is 0.223 e. The van der Waals surface area contributed by atoms with Gasteiger partial charge in [0.1, 0.15) is 5.75 Å². The Morgan fingerprint density at radius 3 is 2.80 bits per heavy atom. The summed E-state index contributed by atoms with van der Waals surface area (Å²) in [5.41, 5.74) is 3.14. The van der Waals surface area contributed by atoms with Crippen molar-refractivity contribution in [1.82, 2.24) is 14.5 Å². The van der Waals surface area contributed by atoms with E-state index in [-0.39, 0.29) is 18.6 Å². The first-order chi connectivity index (χ1) is 12.1. The Bertz CT molecular complexity index is 724. The number of carbonyl (C=O) groups is 1. The van der Waals surface area contributed by atoms with E-state index >= 15 is 0 Å². The van der Waals surface area contributed by atoms with Crippen LogP contribution in [0.25, 0.3) is 0 Å². The Kier molecular flexibility index (Phi) is 5.38. The van der Waals surface area contributed by atoms with E-state index in [0.29, 0.717) is 32.4 Å². The first-order valence-corrected chi connectivity index (χ1v) is 8.73. The second-order valence-electron chi connectivity index (χ2n) is 6.39. The molecule has 1 aliphatic rings. The van der Waals surface area contributed by atoms with Gasteiger partial charge in [0, 0.05) is 25.6 Å². The first-order valence-electron chi connectivity index (χ1n) is 8.73. The van der Waals surface area contributed by atoms with Gasteiger partial charge in [0.25, 0.3) is 0 Å². The molecule has 0 bridgehead atoms. The van der Waals surface area contributed by atoms with Crippen molar-refractivity contribution in [3.8, 4) is 5.75 Å². The second-order valence-corrected chi connectivity index (χ2v) is 6.39. The molecular weight excluding hydrogens is 318 g/mol. The summed E-state index contributed by atoms with van der Waals surface area (Å²) in [4.78, 5) is 18.8. The zero-order valence-corrected chi connectivity index (χ0v) is 14.8. The van der Waals surface area contributed by atoms with Crippen LogP contribution in [0.3, 0.4) is 0 Å². The van der Waals surface area contributed by atoms with E-state index in [4.69, 9.17) is 4.74 Å². The van der Waals surface area contributed by atoms with Gasteiger partial charge in [0.05, 0.1) is 37.8 Å². The standard InChI is InChI=1S/C19H25N3O3/c1-3-25-16-7-4-14(5-8-16)6-9-19(24)22-11-17-18(10-15(22)12-23)21(2)13-20-17/h4-5,7-8,13,15,23H,3,6,9-12H2,1-2H3. The average molecular weight is 343 g/mol. The summed E-state index contributed by atoms with van der Waals surface area (Å²) < 4.78 is 7.41. The number of hydrogen-bond donors (Lipinski definition) is 1. The number of rotatable bonds is 6. The zero-order chi connectivity index (χ0) is 17.8. The van der Waals surface area contributed by atoms with Crippen molar-refractivity contribution in [2.24, 2.45) is 7.05 Å². The molecule has 0 saturated heterocycles. The summed E-state index contributed by atoms with van der Waals surface area (Å²) in [5, 5.41) is 9.69. The van der Waals surface area contributed by atoms with E-state index in [9.17, 15) is 9.90 Å². The van der Waals surface area contributed by atoms with Gasteiger partial charge < -0.3 is 19.3 Å². The van der Waals surface area contributed by atoms with Crippen molar-refractivity contribution < 1.29 is 14.6 Å². The van der Waals surface area contributed by atoms with Gasteiger partial charge in [-0.05, 0) is 31.0 Å². The third kappa shape index (κ3) is 3.85.